The van der Waals surface area contributed by atoms with Gasteiger partial charge in [-0.25, -0.2) is 0 Å². The van der Waals surface area contributed by atoms with Crippen molar-refractivity contribution in [1.82, 2.24) is 10.2 Å². The summed E-state index contributed by atoms with van der Waals surface area (Å²) >= 11 is 0. The standard InChI is InChI=1S/C27H36N4O2/c1-3-20-9-12-23(13-10-20)29-27(33)26(32)28-19-25(31-16-5-4-6-17-31)22-11-14-24-21(18-22)8-7-15-30(24)2/h9-14,18,25H,3-8,15-17,19H2,1-2H3,(H,28,32)(H,29,33)/t25-/m1/s1. The van der Waals surface area contributed by atoms with Gasteiger partial charge >= 0.3 is 11.8 Å². The van der Waals surface area contributed by atoms with E-state index in [-0.39, 0.29) is 6.04 Å². The van der Waals surface area contributed by atoms with Gasteiger partial charge in [0, 0.05) is 31.5 Å². The molecule has 0 radical (unpaired) electrons. The molecule has 2 aliphatic rings. The van der Waals surface area contributed by atoms with E-state index < -0.39 is 11.8 Å². The first-order valence-corrected chi connectivity index (χ1v) is 12.3. The van der Waals surface area contributed by atoms with Crippen LogP contribution in [0.4, 0.5) is 11.4 Å². The molecule has 0 bridgehead atoms. The molecule has 1 fully saturated rings. The van der Waals surface area contributed by atoms with Crippen molar-refractivity contribution >= 4 is 23.2 Å². The topological polar surface area (TPSA) is 64.7 Å². The summed E-state index contributed by atoms with van der Waals surface area (Å²) in [6.07, 6.45) is 6.79. The number of piperidine rings is 1. The summed E-state index contributed by atoms with van der Waals surface area (Å²) in [5.74, 6) is -1.21. The molecule has 1 saturated heterocycles. The van der Waals surface area contributed by atoms with Gasteiger partial charge in [-0.1, -0.05) is 37.6 Å². The highest BCUT2D eigenvalue weighted by atomic mass is 16.2. The molecular formula is C27H36N4O2. The molecular weight excluding hydrogens is 412 g/mol. The highest BCUT2D eigenvalue weighted by Gasteiger charge is 2.26. The molecule has 2 N–H and O–H groups in total. The van der Waals surface area contributed by atoms with E-state index in [2.05, 4.69) is 52.6 Å². The third-order valence-electron chi connectivity index (χ3n) is 6.95. The van der Waals surface area contributed by atoms with E-state index in [0.717, 1.165) is 38.9 Å². The van der Waals surface area contributed by atoms with Crippen LogP contribution in [0, 0.1) is 0 Å². The fourth-order valence-electron chi connectivity index (χ4n) is 4.98. The Balaban J connectivity index is 1.44. The lowest BCUT2D eigenvalue weighted by atomic mass is 9.95. The van der Waals surface area contributed by atoms with Gasteiger partial charge in [0.2, 0.25) is 0 Å². The number of likely N-dealkylation sites (tertiary alicyclic amines) is 1. The normalized spacial score (nSPS) is 17.2. The molecule has 33 heavy (non-hydrogen) atoms. The minimum Gasteiger partial charge on any atom is -0.374 e. The molecule has 0 saturated carbocycles. The van der Waals surface area contributed by atoms with Crippen LogP contribution in [0.25, 0.3) is 0 Å². The average molecular weight is 449 g/mol. The molecule has 0 spiro atoms. The van der Waals surface area contributed by atoms with E-state index >= 15 is 0 Å². The molecule has 0 aliphatic carbocycles. The van der Waals surface area contributed by atoms with Crippen LogP contribution in [0.3, 0.4) is 0 Å². The van der Waals surface area contributed by atoms with Crippen molar-refractivity contribution in [2.24, 2.45) is 0 Å². The summed E-state index contributed by atoms with van der Waals surface area (Å²) in [7, 11) is 2.15. The molecule has 6 heteroatoms. The first-order valence-electron chi connectivity index (χ1n) is 12.3. The van der Waals surface area contributed by atoms with Crippen molar-refractivity contribution in [3.05, 3.63) is 59.2 Å². The lowest BCUT2D eigenvalue weighted by Gasteiger charge is -2.36. The van der Waals surface area contributed by atoms with Crippen molar-refractivity contribution in [2.75, 3.05) is 43.4 Å². The zero-order valence-corrected chi connectivity index (χ0v) is 19.9. The maximum atomic E-state index is 12.6. The number of benzene rings is 2. The third-order valence-corrected chi connectivity index (χ3v) is 6.95. The van der Waals surface area contributed by atoms with Gasteiger partial charge < -0.3 is 15.5 Å². The molecule has 176 valence electrons. The minimum atomic E-state index is -0.622. The van der Waals surface area contributed by atoms with Crippen LogP contribution in [0.15, 0.2) is 42.5 Å². The molecule has 2 amide bonds. The van der Waals surface area contributed by atoms with Crippen LogP contribution in [0.2, 0.25) is 0 Å². The molecule has 1 atom stereocenters. The maximum Gasteiger partial charge on any atom is 0.313 e. The molecule has 0 aromatic heterocycles. The number of amides is 2. The third kappa shape index (κ3) is 5.74. The first-order chi connectivity index (χ1) is 16.0. The van der Waals surface area contributed by atoms with Gasteiger partial charge in [0.05, 0.1) is 6.04 Å². The summed E-state index contributed by atoms with van der Waals surface area (Å²) < 4.78 is 0. The van der Waals surface area contributed by atoms with E-state index in [9.17, 15) is 9.59 Å². The average Bonchev–Trinajstić information content (AvgIpc) is 2.85. The smallest absolute Gasteiger partial charge is 0.313 e. The van der Waals surface area contributed by atoms with Crippen LogP contribution >= 0.6 is 0 Å². The summed E-state index contributed by atoms with van der Waals surface area (Å²) in [6.45, 7) is 5.64. The SMILES string of the molecule is CCc1ccc(NC(=O)C(=O)NC[C@H](c2ccc3c(c2)CCCN3C)N2CCCCC2)cc1. The molecule has 2 aliphatic heterocycles. The molecule has 4 rings (SSSR count). The predicted molar refractivity (Wildman–Crippen MR) is 134 cm³/mol. The fraction of sp³-hybridized carbons (Fsp3) is 0.481. The Labute approximate surface area is 197 Å². The molecule has 2 aromatic rings. The van der Waals surface area contributed by atoms with Crippen LogP contribution < -0.4 is 15.5 Å². The molecule has 0 unspecified atom stereocenters. The Hall–Kier alpha value is -2.86. The Morgan fingerprint density at radius 2 is 1.70 bits per heavy atom. The van der Waals surface area contributed by atoms with Gasteiger partial charge in [0.1, 0.15) is 0 Å². The number of carbonyl (C=O) groups excluding carboxylic acids is 2. The molecule has 2 heterocycles. The minimum absolute atomic E-state index is 0.0726. The number of carbonyl (C=O) groups is 2. The van der Waals surface area contributed by atoms with Crippen LogP contribution in [-0.4, -0.2) is 49.9 Å². The van der Waals surface area contributed by atoms with E-state index in [0.29, 0.717) is 12.2 Å². The summed E-state index contributed by atoms with van der Waals surface area (Å²) in [5, 5.41) is 5.62. The van der Waals surface area contributed by atoms with Crippen molar-refractivity contribution in [3.8, 4) is 0 Å². The second kappa shape index (κ2) is 10.8. The molecule has 2 aromatic carbocycles. The van der Waals surface area contributed by atoms with E-state index in [1.165, 1.54) is 41.6 Å². The van der Waals surface area contributed by atoms with Gasteiger partial charge in [-0.05, 0) is 80.1 Å². The Bertz CT molecular complexity index is 967. The predicted octanol–water partition coefficient (Wildman–Crippen LogP) is 3.91. The van der Waals surface area contributed by atoms with E-state index in [4.69, 9.17) is 0 Å². The lowest BCUT2D eigenvalue weighted by Crippen LogP contribution is -2.43. The van der Waals surface area contributed by atoms with Crippen LogP contribution in [-0.2, 0) is 22.4 Å². The van der Waals surface area contributed by atoms with Crippen molar-refractivity contribution in [1.29, 1.82) is 0 Å². The Kier molecular flexibility index (Phi) is 7.65. The highest BCUT2D eigenvalue weighted by molar-refractivity contribution is 6.39. The number of fused-ring (bicyclic) bond motifs is 1. The number of rotatable bonds is 6. The zero-order valence-electron chi connectivity index (χ0n) is 19.9. The quantitative estimate of drug-likeness (QED) is 0.658. The largest absolute Gasteiger partial charge is 0.374 e. The maximum absolute atomic E-state index is 12.6. The number of aryl methyl sites for hydroxylation is 2. The van der Waals surface area contributed by atoms with E-state index in [1.807, 2.05) is 24.3 Å². The lowest BCUT2D eigenvalue weighted by molar-refractivity contribution is -0.136. The zero-order chi connectivity index (χ0) is 23.2. The number of anilines is 2. The summed E-state index contributed by atoms with van der Waals surface area (Å²) in [4.78, 5) is 29.9. The van der Waals surface area contributed by atoms with Crippen molar-refractivity contribution in [2.45, 2.75) is 51.5 Å². The second-order valence-corrected chi connectivity index (χ2v) is 9.24. The summed E-state index contributed by atoms with van der Waals surface area (Å²) in [6, 6.07) is 14.4. The Morgan fingerprint density at radius 3 is 2.42 bits per heavy atom. The van der Waals surface area contributed by atoms with Crippen LogP contribution in [0.5, 0.6) is 0 Å². The van der Waals surface area contributed by atoms with Gasteiger partial charge in [0.25, 0.3) is 0 Å². The Morgan fingerprint density at radius 1 is 0.939 bits per heavy atom. The fourth-order valence-corrected chi connectivity index (χ4v) is 4.98. The van der Waals surface area contributed by atoms with Gasteiger partial charge in [-0.2, -0.15) is 0 Å². The highest BCUT2D eigenvalue weighted by Crippen LogP contribution is 2.31. The number of nitrogens with one attached hydrogen (secondary N) is 2. The van der Waals surface area contributed by atoms with Gasteiger partial charge in [0.15, 0.2) is 0 Å². The first kappa shape index (κ1) is 23.3. The number of nitrogens with zero attached hydrogens (tertiary/aromatic N) is 2. The summed E-state index contributed by atoms with van der Waals surface area (Å²) in [5.41, 5.74) is 5.74. The number of hydrogen-bond donors (Lipinski definition) is 2. The van der Waals surface area contributed by atoms with E-state index in [1.54, 1.807) is 0 Å². The molecule has 6 nitrogen and oxygen atoms in total. The number of hydrogen-bond acceptors (Lipinski definition) is 4. The monoisotopic (exact) mass is 448 g/mol. The van der Waals surface area contributed by atoms with Crippen molar-refractivity contribution < 1.29 is 9.59 Å². The van der Waals surface area contributed by atoms with Crippen LogP contribution in [0.1, 0.15) is 55.3 Å². The second-order valence-electron chi connectivity index (χ2n) is 9.24. The van der Waals surface area contributed by atoms with Gasteiger partial charge in [-0.15, -0.1) is 0 Å². The van der Waals surface area contributed by atoms with Crippen molar-refractivity contribution in [3.63, 3.8) is 0 Å². The van der Waals surface area contributed by atoms with Gasteiger partial charge in [-0.3, -0.25) is 14.5 Å².